The minimum Gasteiger partial charge on any atom is -0.351 e. The topological polar surface area (TPSA) is 62.7 Å². The lowest BCUT2D eigenvalue weighted by molar-refractivity contribution is 0.461. The van der Waals surface area contributed by atoms with Crippen molar-refractivity contribution in [3.8, 4) is 11.3 Å². The Hall–Kier alpha value is -3.09. The van der Waals surface area contributed by atoms with Crippen LogP contribution in [0.15, 0.2) is 48.8 Å². The molecule has 1 aliphatic rings. The Kier molecular flexibility index (Phi) is 5.41. The summed E-state index contributed by atoms with van der Waals surface area (Å²) in [4.78, 5) is 13.3. The highest BCUT2D eigenvalue weighted by molar-refractivity contribution is 5.66. The minimum atomic E-state index is -0.910. The number of halogens is 2. The van der Waals surface area contributed by atoms with E-state index in [1.54, 1.807) is 18.5 Å². The van der Waals surface area contributed by atoms with E-state index in [0.29, 0.717) is 29.2 Å². The molecule has 0 atom stereocenters. The third kappa shape index (κ3) is 4.42. The van der Waals surface area contributed by atoms with Crippen LogP contribution in [0.5, 0.6) is 0 Å². The second-order valence-corrected chi connectivity index (χ2v) is 6.94. The minimum absolute atomic E-state index is 0.342. The molecule has 4 rings (SSSR count). The third-order valence-electron chi connectivity index (χ3n) is 4.81. The van der Waals surface area contributed by atoms with E-state index in [-0.39, 0.29) is 0 Å². The molecule has 0 unspecified atom stereocenters. The molecule has 0 bridgehead atoms. The SMILES string of the molecule is Fc1ccc(Nc2cc(-c3cccnc3)nc(NC3CCCCC3)n2)cc1F. The van der Waals surface area contributed by atoms with Gasteiger partial charge in [0, 0.05) is 41.8 Å². The molecule has 1 fully saturated rings. The van der Waals surface area contributed by atoms with E-state index in [0.717, 1.165) is 30.5 Å². The van der Waals surface area contributed by atoms with Gasteiger partial charge in [0.05, 0.1) is 5.69 Å². The summed E-state index contributed by atoms with van der Waals surface area (Å²) in [7, 11) is 0. The Bertz CT molecular complexity index is 943. The van der Waals surface area contributed by atoms with Crippen LogP contribution < -0.4 is 10.6 Å². The van der Waals surface area contributed by atoms with Crippen molar-refractivity contribution in [1.29, 1.82) is 0 Å². The number of hydrogen-bond donors (Lipinski definition) is 2. The van der Waals surface area contributed by atoms with E-state index < -0.39 is 11.6 Å². The first-order valence-electron chi connectivity index (χ1n) is 9.45. The molecule has 1 saturated carbocycles. The summed E-state index contributed by atoms with van der Waals surface area (Å²) in [5, 5.41) is 6.46. The Morgan fingerprint density at radius 3 is 2.54 bits per heavy atom. The van der Waals surface area contributed by atoms with Gasteiger partial charge in [-0.3, -0.25) is 4.98 Å². The van der Waals surface area contributed by atoms with Gasteiger partial charge in [0.15, 0.2) is 11.6 Å². The van der Waals surface area contributed by atoms with Gasteiger partial charge in [0.25, 0.3) is 0 Å². The highest BCUT2D eigenvalue weighted by atomic mass is 19.2. The summed E-state index contributed by atoms with van der Waals surface area (Å²) in [5.74, 6) is -0.785. The molecule has 5 nitrogen and oxygen atoms in total. The molecular formula is C21H21F2N5. The average Bonchev–Trinajstić information content (AvgIpc) is 2.72. The predicted octanol–water partition coefficient (Wildman–Crippen LogP) is 5.31. The van der Waals surface area contributed by atoms with Crippen LogP contribution in [0.25, 0.3) is 11.3 Å². The molecule has 0 aliphatic heterocycles. The molecule has 28 heavy (non-hydrogen) atoms. The van der Waals surface area contributed by atoms with Gasteiger partial charge < -0.3 is 10.6 Å². The van der Waals surface area contributed by atoms with Gasteiger partial charge in [-0.05, 0) is 37.1 Å². The van der Waals surface area contributed by atoms with E-state index in [1.807, 2.05) is 12.1 Å². The van der Waals surface area contributed by atoms with Crippen molar-refractivity contribution >= 4 is 17.5 Å². The summed E-state index contributed by atoms with van der Waals surface area (Å²) in [6.07, 6.45) is 9.26. The summed E-state index contributed by atoms with van der Waals surface area (Å²) < 4.78 is 26.7. The highest BCUT2D eigenvalue weighted by Gasteiger charge is 2.16. The normalized spacial score (nSPS) is 14.6. The molecule has 1 aliphatic carbocycles. The number of rotatable bonds is 5. The zero-order chi connectivity index (χ0) is 19.3. The largest absolute Gasteiger partial charge is 0.351 e. The third-order valence-corrected chi connectivity index (χ3v) is 4.81. The number of benzene rings is 1. The van der Waals surface area contributed by atoms with Gasteiger partial charge in [-0.15, -0.1) is 0 Å². The second-order valence-electron chi connectivity index (χ2n) is 6.94. The van der Waals surface area contributed by atoms with Crippen molar-refractivity contribution < 1.29 is 8.78 Å². The van der Waals surface area contributed by atoms with E-state index in [1.165, 1.54) is 25.3 Å². The van der Waals surface area contributed by atoms with Crippen molar-refractivity contribution in [2.75, 3.05) is 10.6 Å². The second kappa shape index (κ2) is 8.29. The van der Waals surface area contributed by atoms with E-state index in [4.69, 9.17) is 0 Å². The van der Waals surface area contributed by atoms with Crippen LogP contribution in [-0.4, -0.2) is 21.0 Å². The Morgan fingerprint density at radius 1 is 0.929 bits per heavy atom. The smallest absolute Gasteiger partial charge is 0.225 e. The first kappa shape index (κ1) is 18.3. The zero-order valence-corrected chi connectivity index (χ0v) is 15.3. The molecule has 2 N–H and O–H groups in total. The van der Waals surface area contributed by atoms with Crippen molar-refractivity contribution in [3.05, 3.63) is 60.4 Å². The number of nitrogens with zero attached hydrogens (tertiary/aromatic N) is 3. The number of pyridine rings is 1. The van der Waals surface area contributed by atoms with Gasteiger partial charge in [-0.25, -0.2) is 13.8 Å². The van der Waals surface area contributed by atoms with Crippen LogP contribution in [0, 0.1) is 11.6 Å². The molecule has 2 heterocycles. The van der Waals surface area contributed by atoms with Crippen LogP contribution in [0.2, 0.25) is 0 Å². The van der Waals surface area contributed by atoms with Gasteiger partial charge in [0.2, 0.25) is 5.95 Å². The van der Waals surface area contributed by atoms with Crippen LogP contribution in [0.4, 0.5) is 26.2 Å². The fourth-order valence-electron chi connectivity index (χ4n) is 3.39. The van der Waals surface area contributed by atoms with E-state index in [9.17, 15) is 8.78 Å². The molecule has 3 aromatic rings. The van der Waals surface area contributed by atoms with Crippen molar-refractivity contribution in [2.45, 2.75) is 38.1 Å². The Balaban J connectivity index is 1.65. The predicted molar refractivity (Wildman–Crippen MR) is 105 cm³/mol. The maximum absolute atomic E-state index is 13.5. The van der Waals surface area contributed by atoms with Gasteiger partial charge >= 0.3 is 0 Å². The first-order chi connectivity index (χ1) is 13.7. The van der Waals surface area contributed by atoms with Crippen molar-refractivity contribution in [3.63, 3.8) is 0 Å². The first-order valence-corrected chi connectivity index (χ1v) is 9.45. The molecule has 0 spiro atoms. The van der Waals surface area contributed by atoms with E-state index in [2.05, 4.69) is 25.6 Å². The molecular weight excluding hydrogens is 360 g/mol. The fourth-order valence-corrected chi connectivity index (χ4v) is 3.39. The Morgan fingerprint density at radius 2 is 1.79 bits per heavy atom. The lowest BCUT2D eigenvalue weighted by Crippen LogP contribution is -2.23. The van der Waals surface area contributed by atoms with E-state index >= 15 is 0 Å². The van der Waals surface area contributed by atoms with Crippen molar-refractivity contribution in [1.82, 2.24) is 15.0 Å². The highest BCUT2D eigenvalue weighted by Crippen LogP contribution is 2.26. The monoisotopic (exact) mass is 381 g/mol. The van der Waals surface area contributed by atoms with Crippen LogP contribution in [0.3, 0.4) is 0 Å². The quantitative estimate of drug-likeness (QED) is 0.627. The average molecular weight is 381 g/mol. The van der Waals surface area contributed by atoms with Gasteiger partial charge in [0.1, 0.15) is 5.82 Å². The van der Waals surface area contributed by atoms with Gasteiger partial charge in [-0.1, -0.05) is 19.3 Å². The van der Waals surface area contributed by atoms with Crippen LogP contribution in [0.1, 0.15) is 32.1 Å². The standard InChI is InChI=1S/C21H21F2N5/c22-17-9-8-16(11-18(17)23)25-20-12-19(14-5-4-10-24-13-14)27-21(28-20)26-15-6-2-1-3-7-15/h4-5,8-13,15H,1-3,6-7H2,(H2,25,26,27,28). The molecule has 144 valence electrons. The molecule has 0 amide bonds. The molecule has 0 saturated heterocycles. The summed E-state index contributed by atoms with van der Waals surface area (Å²) in [6, 6.07) is 9.53. The molecule has 2 aromatic heterocycles. The summed E-state index contributed by atoms with van der Waals surface area (Å²) >= 11 is 0. The number of aromatic nitrogens is 3. The summed E-state index contributed by atoms with van der Waals surface area (Å²) in [5.41, 5.74) is 1.97. The molecule has 7 heteroatoms. The van der Waals surface area contributed by atoms with Gasteiger partial charge in [-0.2, -0.15) is 4.98 Å². The molecule has 0 radical (unpaired) electrons. The maximum atomic E-state index is 13.5. The lowest BCUT2D eigenvalue weighted by Gasteiger charge is -2.23. The molecule has 1 aromatic carbocycles. The maximum Gasteiger partial charge on any atom is 0.225 e. The fraction of sp³-hybridized carbons (Fsp3) is 0.286. The number of hydrogen-bond acceptors (Lipinski definition) is 5. The van der Waals surface area contributed by atoms with Crippen molar-refractivity contribution in [2.24, 2.45) is 0 Å². The lowest BCUT2D eigenvalue weighted by atomic mass is 9.96. The Labute approximate surface area is 162 Å². The number of nitrogens with one attached hydrogen (secondary N) is 2. The number of anilines is 3. The summed E-state index contributed by atoms with van der Waals surface area (Å²) in [6.45, 7) is 0. The van der Waals surface area contributed by atoms with Crippen LogP contribution in [-0.2, 0) is 0 Å². The van der Waals surface area contributed by atoms with Crippen LogP contribution >= 0.6 is 0 Å². The zero-order valence-electron chi connectivity index (χ0n) is 15.3.